The summed E-state index contributed by atoms with van der Waals surface area (Å²) in [5.74, 6) is 0. The van der Waals surface area contributed by atoms with Gasteiger partial charge in [0.15, 0.2) is 0 Å². The molecule has 0 aromatic carbocycles. The molecular weight excluding hydrogens is 170 g/mol. The topological polar surface area (TPSA) is 20.3 Å². The Kier molecular flexibility index (Phi) is 3.72. The van der Waals surface area contributed by atoms with Crippen molar-refractivity contribution in [2.24, 2.45) is 0 Å². The van der Waals surface area contributed by atoms with E-state index in [9.17, 15) is 4.21 Å². The van der Waals surface area contributed by atoms with Gasteiger partial charge in [0.2, 0.25) is 0 Å². The van der Waals surface area contributed by atoms with Crippen LogP contribution in [0.4, 0.5) is 0 Å². The van der Waals surface area contributed by atoms with Crippen molar-refractivity contribution in [1.29, 1.82) is 0 Å². The first kappa shape index (κ1) is 10.2. The molecule has 1 aliphatic rings. The minimum absolute atomic E-state index is 0.450. The van der Waals surface area contributed by atoms with Crippen molar-refractivity contribution < 1.29 is 4.21 Å². The van der Waals surface area contributed by atoms with Gasteiger partial charge in [-0.25, -0.2) is 0 Å². The predicted molar refractivity (Wildman–Crippen MR) is 53.8 cm³/mol. The van der Waals surface area contributed by atoms with Crippen LogP contribution in [0.5, 0.6) is 0 Å². The van der Waals surface area contributed by atoms with Gasteiger partial charge in [-0.15, -0.1) is 0 Å². The first-order chi connectivity index (χ1) is 5.65. The number of rotatable bonds is 2. The van der Waals surface area contributed by atoms with E-state index >= 15 is 0 Å². The van der Waals surface area contributed by atoms with Gasteiger partial charge >= 0.3 is 0 Å². The second kappa shape index (κ2) is 4.38. The summed E-state index contributed by atoms with van der Waals surface area (Å²) in [4.78, 5) is 2.39. The van der Waals surface area contributed by atoms with Gasteiger partial charge in [-0.3, -0.25) is 4.21 Å². The van der Waals surface area contributed by atoms with Crippen LogP contribution in [0, 0.1) is 0 Å². The van der Waals surface area contributed by atoms with Crippen LogP contribution in [0.25, 0.3) is 0 Å². The van der Waals surface area contributed by atoms with Gasteiger partial charge in [-0.2, -0.15) is 0 Å². The molecule has 1 heterocycles. The average molecular weight is 189 g/mol. The smallest absolute Gasteiger partial charge is 0.0372 e. The minimum Gasteiger partial charge on any atom is -0.303 e. The number of nitrogens with zero attached hydrogens (tertiary/aromatic N) is 1. The van der Waals surface area contributed by atoms with E-state index in [-0.39, 0.29) is 0 Å². The fraction of sp³-hybridized carbons (Fsp3) is 1.00. The fourth-order valence-corrected chi connectivity index (χ4v) is 2.84. The van der Waals surface area contributed by atoms with Gasteiger partial charge in [0, 0.05) is 28.3 Å². The van der Waals surface area contributed by atoms with Crippen molar-refractivity contribution >= 4 is 10.8 Å². The lowest BCUT2D eigenvalue weighted by Crippen LogP contribution is -2.42. The zero-order chi connectivity index (χ0) is 9.14. The van der Waals surface area contributed by atoms with E-state index in [1.165, 1.54) is 6.42 Å². The van der Waals surface area contributed by atoms with Crippen molar-refractivity contribution in [2.75, 3.05) is 19.8 Å². The largest absolute Gasteiger partial charge is 0.303 e. The molecule has 3 atom stereocenters. The van der Waals surface area contributed by atoms with E-state index in [2.05, 4.69) is 18.9 Å². The highest BCUT2D eigenvalue weighted by Crippen LogP contribution is 2.21. The molecular formula is C9H19NOS. The summed E-state index contributed by atoms with van der Waals surface area (Å²) in [6.45, 7) is 3.32. The molecule has 0 spiro atoms. The monoisotopic (exact) mass is 189 g/mol. The van der Waals surface area contributed by atoms with Gasteiger partial charge in [0.1, 0.15) is 0 Å². The van der Waals surface area contributed by atoms with Crippen LogP contribution >= 0.6 is 0 Å². The van der Waals surface area contributed by atoms with Crippen LogP contribution in [0.15, 0.2) is 0 Å². The lowest BCUT2D eigenvalue weighted by atomic mass is 10.0. The molecule has 0 radical (unpaired) electrons. The second-order valence-electron chi connectivity index (χ2n) is 3.69. The zero-order valence-corrected chi connectivity index (χ0v) is 9.06. The minimum atomic E-state index is -0.616. The van der Waals surface area contributed by atoms with Crippen molar-refractivity contribution in [3.63, 3.8) is 0 Å². The fourth-order valence-electron chi connectivity index (χ4n) is 1.91. The van der Waals surface area contributed by atoms with Gasteiger partial charge in [-0.1, -0.05) is 6.92 Å². The van der Waals surface area contributed by atoms with Crippen LogP contribution in [0.2, 0.25) is 0 Å². The van der Waals surface area contributed by atoms with Crippen molar-refractivity contribution in [3.05, 3.63) is 0 Å². The molecule has 72 valence electrons. The SMILES string of the molecule is CCC1CC(S(C)=O)CCN1C. The Hall–Kier alpha value is 0.110. The second-order valence-corrected chi connectivity index (χ2v) is 5.35. The highest BCUT2D eigenvalue weighted by atomic mass is 32.2. The van der Waals surface area contributed by atoms with Crippen LogP contribution in [0.3, 0.4) is 0 Å². The van der Waals surface area contributed by atoms with Crippen LogP contribution < -0.4 is 0 Å². The predicted octanol–water partition coefficient (Wildman–Crippen LogP) is 1.24. The Bertz CT molecular complexity index is 172. The Morgan fingerprint density at radius 2 is 2.25 bits per heavy atom. The molecule has 12 heavy (non-hydrogen) atoms. The Morgan fingerprint density at radius 3 is 2.75 bits per heavy atom. The van der Waals surface area contributed by atoms with Gasteiger partial charge < -0.3 is 4.90 Å². The van der Waals surface area contributed by atoms with Crippen molar-refractivity contribution in [3.8, 4) is 0 Å². The van der Waals surface area contributed by atoms with E-state index in [4.69, 9.17) is 0 Å². The van der Waals surface area contributed by atoms with E-state index in [0.717, 1.165) is 19.4 Å². The lowest BCUT2D eigenvalue weighted by molar-refractivity contribution is 0.184. The number of piperidine rings is 1. The van der Waals surface area contributed by atoms with Crippen molar-refractivity contribution in [1.82, 2.24) is 4.90 Å². The normalized spacial score (nSPS) is 34.9. The molecule has 0 bridgehead atoms. The van der Waals surface area contributed by atoms with Crippen LogP contribution in [-0.2, 0) is 10.8 Å². The van der Waals surface area contributed by atoms with Crippen LogP contribution in [-0.4, -0.2) is 40.2 Å². The quantitative estimate of drug-likeness (QED) is 0.651. The molecule has 0 amide bonds. The van der Waals surface area contributed by atoms with E-state index in [0.29, 0.717) is 11.3 Å². The van der Waals surface area contributed by atoms with E-state index in [1.54, 1.807) is 0 Å². The Balaban J connectivity index is 2.49. The molecule has 2 nitrogen and oxygen atoms in total. The summed E-state index contributed by atoms with van der Waals surface area (Å²) in [5.41, 5.74) is 0. The highest BCUT2D eigenvalue weighted by Gasteiger charge is 2.26. The Morgan fingerprint density at radius 1 is 1.58 bits per heavy atom. The molecule has 1 aliphatic heterocycles. The summed E-state index contributed by atoms with van der Waals surface area (Å²) < 4.78 is 11.3. The molecule has 1 saturated heterocycles. The molecule has 0 saturated carbocycles. The molecule has 1 fully saturated rings. The molecule has 0 N–H and O–H groups in total. The molecule has 3 heteroatoms. The number of likely N-dealkylation sites (tertiary alicyclic amines) is 1. The van der Waals surface area contributed by atoms with Gasteiger partial charge in [-0.05, 0) is 32.9 Å². The summed E-state index contributed by atoms with van der Waals surface area (Å²) >= 11 is 0. The van der Waals surface area contributed by atoms with Crippen LogP contribution in [0.1, 0.15) is 26.2 Å². The first-order valence-electron chi connectivity index (χ1n) is 4.67. The zero-order valence-electron chi connectivity index (χ0n) is 8.25. The number of hydrogen-bond donors (Lipinski definition) is 0. The summed E-state index contributed by atoms with van der Waals surface area (Å²) in [7, 11) is 1.55. The maximum Gasteiger partial charge on any atom is 0.0372 e. The summed E-state index contributed by atoms with van der Waals surface area (Å²) in [6, 6.07) is 0.660. The maximum absolute atomic E-state index is 11.3. The molecule has 0 aromatic heterocycles. The third-order valence-corrected chi connectivity index (χ3v) is 4.27. The molecule has 0 aliphatic carbocycles. The molecule has 0 aromatic rings. The lowest BCUT2D eigenvalue weighted by Gasteiger charge is -2.35. The van der Waals surface area contributed by atoms with Crippen molar-refractivity contribution in [2.45, 2.75) is 37.5 Å². The van der Waals surface area contributed by atoms with Gasteiger partial charge in [0.25, 0.3) is 0 Å². The number of hydrogen-bond acceptors (Lipinski definition) is 2. The molecule has 1 rings (SSSR count). The first-order valence-corrected chi connectivity index (χ1v) is 6.29. The molecule has 3 unspecified atom stereocenters. The van der Waals surface area contributed by atoms with E-state index in [1.807, 2.05) is 6.26 Å². The highest BCUT2D eigenvalue weighted by molar-refractivity contribution is 7.84. The third kappa shape index (κ3) is 2.30. The summed E-state index contributed by atoms with van der Waals surface area (Å²) in [5, 5.41) is 0.450. The van der Waals surface area contributed by atoms with Gasteiger partial charge in [0.05, 0.1) is 0 Å². The Labute approximate surface area is 77.8 Å². The average Bonchev–Trinajstić information content (AvgIpc) is 2.05. The third-order valence-electron chi connectivity index (χ3n) is 2.90. The maximum atomic E-state index is 11.3. The standard InChI is InChI=1S/C9H19NOS/c1-4-8-7-9(12(3)11)5-6-10(8)2/h8-9H,4-7H2,1-3H3. The van der Waals surface area contributed by atoms with E-state index < -0.39 is 10.8 Å². The summed E-state index contributed by atoms with van der Waals surface area (Å²) in [6.07, 6.45) is 5.25.